The molecule has 9 nitrogen and oxygen atoms in total. The molecule has 2 aromatic rings. The van der Waals surface area contributed by atoms with Crippen molar-refractivity contribution in [1.29, 1.82) is 0 Å². The largest absolute Gasteiger partial charge is 0.478 e. The Morgan fingerprint density at radius 3 is 2.56 bits per heavy atom. The smallest absolute Gasteiger partial charge is 0.336 e. The molecular formula is C45H57ClN3O6+. The van der Waals surface area contributed by atoms with Crippen LogP contribution in [0.4, 0.5) is 5.69 Å². The second kappa shape index (κ2) is 17.7. The number of carbonyl (C=O) groups is 2. The number of anilines is 1. The van der Waals surface area contributed by atoms with Gasteiger partial charge in [-0.15, -0.1) is 11.6 Å². The number of amides is 1. The molecule has 0 spiro atoms. The number of carboxylic acid groups (broad SMARTS) is 1. The first kappa shape index (κ1) is 38.3. The van der Waals surface area contributed by atoms with E-state index in [2.05, 4.69) is 22.4 Å². The number of aryl methyl sites for hydroxylation is 1. The number of alkyl halides is 1. The molecule has 0 radical (unpaired) electrons. The van der Waals surface area contributed by atoms with Crippen molar-refractivity contribution in [3.63, 3.8) is 0 Å². The van der Waals surface area contributed by atoms with Crippen LogP contribution < -0.4 is 19.9 Å². The van der Waals surface area contributed by atoms with Gasteiger partial charge in [0, 0.05) is 77.6 Å². The molecule has 8 rings (SSSR count). The van der Waals surface area contributed by atoms with Gasteiger partial charge in [0.05, 0.1) is 38.5 Å². The summed E-state index contributed by atoms with van der Waals surface area (Å²) in [6.07, 6.45) is 17.4. The topological polar surface area (TPSA) is 102 Å². The molecule has 0 bridgehead atoms. The summed E-state index contributed by atoms with van der Waals surface area (Å²) in [6.45, 7) is 6.85. The first-order valence-electron chi connectivity index (χ1n) is 21.1. The number of fused-ring (bicyclic) bond motifs is 3. The maximum absolute atomic E-state index is 13.7. The van der Waals surface area contributed by atoms with Crippen molar-refractivity contribution >= 4 is 34.7 Å². The van der Waals surface area contributed by atoms with Crippen LogP contribution >= 0.6 is 11.6 Å². The van der Waals surface area contributed by atoms with Gasteiger partial charge in [0.2, 0.25) is 0 Å². The lowest BCUT2D eigenvalue weighted by Gasteiger charge is -2.41. The lowest BCUT2D eigenvalue weighted by Crippen LogP contribution is -3.16. The number of quaternary nitrogens is 1. The number of allylic oxidation sites excluding steroid dienone is 1. The Balaban J connectivity index is 1.13. The predicted molar refractivity (Wildman–Crippen MR) is 216 cm³/mol. The summed E-state index contributed by atoms with van der Waals surface area (Å²) in [6, 6.07) is 7.68. The van der Waals surface area contributed by atoms with Crippen molar-refractivity contribution in [2.75, 3.05) is 69.9 Å². The average molecular weight is 771 g/mol. The van der Waals surface area contributed by atoms with E-state index in [1.165, 1.54) is 47.5 Å². The molecule has 2 fully saturated rings. The molecule has 5 heterocycles. The molecule has 294 valence electrons. The van der Waals surface area contributed by atoms with Gasteiger partial charge >= 0.3 is 5.97 Å². The molecule has 0 saturated carbocycles. The Kier molecular flexibility index (Phi) is 12.3. The number of halogens is 1. The predicted octanol–water partition coefficient (Wildman–Crippen LogP) is 6.66. The standard InChI is InChI=1S/C45H56ClN3O6/c46-17-5-1-2-8-23-53-25-26-54-24-18-47-44(50)32-15-16-33(45(51)52)36(29-32)39-37-27-30-11-3-6-19-48-21-9-13-34(40(30)48)42(37)55-43-35-14-10-22-49-20-7-4-12-31(41(35)49)28-38(39)43/h15-16,27-29,40H,1-14,17-26H2,(H,47,50)(H,51,52)/p+1. The molecule has 10 heteroatoms. The first-order chi connectivity index (χ1) is 27.0. The van der Waals surface area contributed by atoms with E-state index in [1.54, 1.807) is 23.1 Å². The number of carbonyl (C=O) groups excluding carboxylic acids is 1. The molecule has 1 aliphatic carbocycles. The minimum absolute atomic E-state index is 0.195. The Morgan fingerprint density at radius 1 is 0.873 bits per heavy atom. The highest BCUT2D eigenvalue weighted by Gasteiger charge is 2.44. The van der Waals surface area contributed by atoms with Crippen molar-refractivity contribution in [2.24, 2.45) is 0 Å². The van der Waals surface area contributed by atoms with Crippen LogP contribution in [0.1, 0.15) is 120 Å². The van der Waals surface area contributed by atoms with E-state index < -0.39 is 5.97 Å². The molecule has 2 atom stereocenters. The number of aromatic carboxylic acids is 1. The zero-order chi connectivity index (χ0) is 37.7. The molecule has 1 amide bonds. The van der Waals surface area contributed by atoms with Gasteiger partial charge in [-0.2, -0.15) is 0 Å². The van der Waals surface area contributed by atoms with Crippen LogP contribution in [-0.2, 0) is 22.3 Å². The minimum atomic E-state index is -1.01. The number of piperidine rings is 1. The van der Waals surface area contributed by atoms with Gasteiger partial charge in [-0.05, 0) is 118 Å². The SMILES string of the molecule is O=C(NCCOCCOCCCCCCCl)c1ccc(C(=O)O)c(C2=C3C=C4CCCC[NH+]5CCCC(=C3Oc3c2cc2c6c3CCCN6CCCC2)C45)c1. The minimum Gasteiger partial charge on any atom is -0.478 e. The number of unbranched alkanes of at least 4 members (excludes halogenated alkanes) is 3. The molecule has 2 aromatic carbocycles. The highest BCUT2D eigenvalue weighted by molar-refractivity contribution is 6.17. The van der Waals surface area contributed by atoms with Gasteiger partial charge < -0.3 is 34.4 Å². The summed E-state index contributed by atoms with van der Waals surface area (Å²) < 4.78 is 18.7. The van der Waals surface area contributed by atoms with Gasteiger partial charge in [-0.25, -0.2) is 4.79 Å². The van der Waals surface area contributed by atoms with Gasteiger partial charge in [0.15, 0.2) is 0 Å². The van der Waals surface area contributed by atoms with E-state index in [0.717, 1.165) is 125 Å². The van der Waals surface area contributed by atoms with Gasteiger partial charge in [-0.3, -0.25) is 4.79 Å². The number of hydrogen-bond donors (Lipinski definition) is 3. The Morgan fingerprint density at radius 2 is 1.69 bits per heavy atom. The van der Waals surface area contributed by atoms with E-state index >= 15 is 0 Å². The first-order valence-corrected chi connectivity index (χ1v) is 21.6. The van der Waals surface area contributed by atoms with Crippen LogP contribution in [0.2, 0.25) is 0 Å². The third-order valence-corrected chi connectivity index (χ3v) is 12.7. The van der Waals surface area contributed by atoms with Crippen LogP contribution in [-0.4, -0.2) is 88.1 Å². The Bertz CT molecular complexity index is 1880. The average Bonchev–Trinajstić information content (AvgIpc) is 3.55. The molecule has 3 N–H and O–H groups in total. The second-order valence-electron chi connectivity index (χ2n) is 16.1. The highest BCUT2D eigenvalue weighted by Crippen LogP contribution is 2.53. The summed E-state index contributed by atoms with van der Waals surface area (Å²) in [5, 5.41) is 13.7. The second-order valence-corrected chi connectivity index (χ2v) is 16.4. The summed E-state index contributed by atoms with van der Waals surface area (Å²) >= 11 is 5.74. The van der Waals surface area contributed by atoms with Crippen molar-refractivity contribution in [3.8, 4) is 5.75 Å². The van der Waals surface area contributed by atoms with Crippen LogP contribution in [0, 0.1) is 0 Å². The van der Waals surface area contributed by atoms with Gasteiger partial charge in [0.25, 0.3) is 5.91 Å². The van der Waals surface area contributed by atoms with Crippen molar-refractivity contribution < 1.29 is 33.8 Å². The Labute approximate surface area is 330 Å². The van der Waals surface area contributed by atoms with E-state index in [0.29, 0.717) is 56.0 Å². The molecule has 5 aliphatic heterocycles. The molecule has 0 aromatic heterocycles. The number of carboxylic acids is 1. The summed E-state index contributed by atoms with van der Waals surface area (Å²) in [7, 11) is 0. The van der Waals surface area contributed by atoms with Crippen LogP contribution in [0.3, 0.4) is 0 Å². The summed E-state index contributed by atoms with van der Waals surface area (Å²) in [5.74, 6) is 1.27. The normalized spacial score (nSPS) is 21.3. The fourth-order valence-corrected chi connectivity index (χ4v) is 10.2. The maximum Gasteiger partial charge on any atom is 0.336 e. The third-order valence-electron chi connectivity index (χ3n) is 12.5. The third kappa shape index (κ3) is 8.00. The molecule has 2 saturated heterocycles. The number of benzene rings is 2. The summed E-state index contributed by atoms with van der Waals surface area (Å²) in [5.41, 5.74) is 10.8. The van der Waals surface area contributed by atoms with E-state index in [9.17, 15) is 14.7 Å². The fourth-order valence-electron chi connectivity index (χ4n) is 9.97. The van der Waals surface area contributed by atoms with Crippen molar-refractivity contribution in [1.82, 2.24) is 5.32 Å². The number of hydrogen-bond acceptors (Lipinski definition) is 6. The van der Waals surface area contributed by atoms with Crippen LogP contribution in [0.5, 0.6) is 5.75 Å². The number of rotatable bonds is 15. The van der Waals surface area contributed by atoms with Gasteiger partial charge in [0.1, 0.15) is 17.6 Å². The van der Waals surface area contributed by atoms with Crippen LogP contribution in [0.15, 0.2) is 52.8 Å². The number of nitrogens with one attached hydrogen (secondary N) is 2. The molecule has 6 aliphatic rings. The lowest BCUT2D eigenvalue weighted by atomic mass is 9.76. The fraction of sp³-hybridized carbons (Fsp3) is 0.556. The maximum atomic E-state index is 13.7. The zero-order valence-corrected chi connectivity index (χ0v) is 33.0. The molecule has 2 unspecified atom stereocenters. The van der Waals surface area contributed by atoms with E-state index in [1.807, 2.05) is 0 Å². The van der Waals surface area contributed by atoms with E-state index in [-0.39, 0.29) is 11.5 Å². The Hall–Kier alpha value is -3.63. The highest BCUT2D eigenvalue weighted by atomic mass is 35.5. The van der Waals surface area contributed by atoms with Crippen LogP contribution in [0.25, 0.3) is 5.57 Å². The zero-order valence-electron chi connectivity index (χ0n) is 32.2. The number of ether oxygens (including phenoxy) is 3. The van der Waals surface area contributed by atoms with Gasteiger partial charge in [-0.1, -0.05) is 12.8 Å². The van der Waals surface area contributed by atoms with E-state index in [4.69, 9.17) is 25.8 Å². The van der Waals surface area contributed by atoms with Crippen molar-refractivity contribution in [3.05, 3.63) is 86.2 Å². The monoisotopic (exact) mass is 770 g/mol. The molecular weight excluding hydrogens is 714 g/mol. The van der Waals surface area contributed by atoms with Crippen molar-refractivity contribution in [2.45, 2.75) is 95.9 Å². The summed E-state index contributed by atoms with van der Waals surface area (Å²) in [4.78, 5) is 31.0. The molecule has 55 heavy (non-hydrogen) atoms. The quantitative estimate of drug-likeness (QED) is 0.138. The lowest BCUT2D eigenvalue weighted by molar-refractivity contribution is -0.917. The number of nitrogens with zero attached hydrogens (tertiary/aromatic N) is 1.